The highest BCUT2D eigenvalue weighted by molar-refractivity contribution is 5.91. The van der Waals surface area contributed by atoms with Gasteiger partial charge in [-0.05, 0) is 25.3 Å². The molecule has 0 saturated heterocycles. The molecule has 6 heteroatoms. The maximum Gasteiger partial charge on any atom is 0.230 e. The van der Waals surface area contributed by atoms with Crippen molar-refractivity contribution in [3.63, 3.8) is 0 Å². The number of hydrogen-bond donors (Lipinski definition) is 2. The van der Waals surface area contributed by atoms with Crippen LogP contribution in [0, 0.1) is 11.8 Å². The van der Waals surface area contributed by atoms with Gasteiger partial charge < -0.3 is 5.73 Å². The Morgan fingerprint density at radius 1 is 1.59 bits per heavy atom. The SMILES string of the molecule is Cn1ncnc1NC(=O)C1CCCCC1CN. The van der Waals surface area contributed by atoms with Crippen LogP contribution in [0.25, 0.3) is 0 Å². The van der Waals surface area contributed by atoms with Crippen molar-refractivity contribution >= 4 is 11.9 Å². The lowest BCUT2D eigenvalue weighted by Crippen LogP contribution is -2.36. The van der Waals surface area contributed by atoms with E-state index >= 15 is 0 Å². The lowest BCUT2D eigenvalue weighted by Gasteiger charge is -2.29. The molecular weight excluding hydrogens is 218 g/mol. The fourth-order valence-corrected chi connectivity index (χ4v) is 2.45. The Hall–Kier alpha value is -1.43. The summed E-state index contributed by atoms with van der Waals surface area (Å²) in [5.41, 5.74) is 5.72. The van der Waals surface area contributed by atoms with Gasteiger partial charge in [-0.2, -0.15) is 10.1 Å². The number of rotatable bonds is 3. The average molecular weight is 237 g/mol. The molecule has 2 rings (SSSR count). The topological polar surface area (TPSA) is 85.8 Å². The van der Waals surface area contributed by atoms with Crippen molar-refractivity contribution in [1.29, 1.82) is 0 Å². The first-order chi connectivity index (χ1) is 8.22. The number of nitrogens with two attached hydrogens (primary N) is 1. The molecule has 2 unspecified atom stereocenters. The average Bonchev–Trinajstić information content (AvgIpc) is 2.75. The van der Waals surface area contributed by atoms with Crippen molar-refractivity contribution in [2.75, 3.05) is 11.9 Å². The lowest BCUT2D eigenvalue weighted by molar-refractivity contribution is -0.122. The molecule has 0 bridgehead atoms. The molecule has 1 aliphatic carbocycles. The standard InChI is InChI=1S/C11H19N5O/c1-16-11(13-7-14-16)15-10(17)9-5-3-2-4-8(9)6-12/h7-9H,2-6,12H2,1H3,(H,13,14,15,17). The van der Waals surface area contributed by atoms with Gasteiger partial charge in [0.05, 0.1) is 0 Å². The first kappa shape index (κ1) is 12.0. The van der Waals surface area contributed by atoms with Crippen molar-refractivity contribution < 1.29 is 4.79 Å². The summed E-state index contributed by atoms with van der Waals surface area (Å²) in [5, 5.41) is 6.74. The molecule has 1 saturated carbocycles. The van der Waals surface area contributed by atoms with Crippen LogP contribution in [0.5, 0.6) is 0 Å². The molecule has 2 atom stereocenters. The van der Waals surface area contributed by atoms with E-state index in [4.69, 9.17) is 5.73 Å². The first-order valence-corrected chi connectivity index (χ1v) is 6.07. The minimum atomic E-state index is 0.0189. The van der Waals surface area contributed by atoms with E-state index in [-0.39, 0.29) is 11.8 Å². The van der Waals surface area contributed by atoms with Crippen LogP contribution in [-0.2, 0) is 11.8 Å². The van der Waals surface area contributed by atoms with E-state index in [0.717, 1.165) is 19.3 Å². The monoisotopic (exact) mass is 237 g/mol. The summed E-state index contributed by atoms with van der Waals surface area (Å²) in [4.78, 5) is 16.1. The maximum atomic E-state index is 12.1. The van der Waals surface area contributed by atoms with Crippen LogP contribution in [0.2, 0.25) is 0 Å². The van der Waals surface area contributed by atoms with Gasteiger partial charge in [-0.15, -0.1) is 0 Å². The van der Waals surface area contributed by atoms with Crippen molar-refractivity contribution in [3.8, 4) is 0 Å². The zero-order valence-corrected chi connectivity index (χ0v) is 10.1. The van der Waals surface area contributed by atoms with Crippen LogP contribution < -0.4 is 11.1 Å². The first-order valence-electron chi connectivity index (χ1n) is 6.07. The lowest BCUT2D eigenvalue weighted by atomic mass is 9.79. The van der Waals surface area contributed by atoms with Crippen molar-refractivity contribution in [2.45, 2.75) is 25.7 Å². The normalized spacial score (nSPS) is 24.6. The second-order valence-electron chi connectivity index (χ2n) is 4.58. The van der Waals surface area contributed by atoms with Gasteiger partial charge in [0.25, 0.3) is 0 Å². The summed E-state index contributed by atoms with van der Waals surface area (Å²) in [6.07, 6.45) is 5.68. The van der Waals surface area contributed by atoms with Gasteiger partial charge in [-0.25, -0.2) is 4.68 Å². The molecule has 1 aromatic heterocycles. The number of carbonyl (C=O) groups is 1. The fourth-order valence-electron chi connectivity index (χ4n) is 2.45. The zero-order chi connectivity index (χ0) is 12.3. The van der Waals surface area contributed by atoms with Crippen LogP contribution in [0.15, 0.2) is 6.33 Å². The van der Waals surface area contributed by atoms with Gasteiger partial charge in [0.15, 0.2) is 0 Å². The predicted octanol–water partition coefficient (Wildman–Crippen LogP) is 0.519. The summed E-state index contributed by atoms with van der Waals surface area (Å²) >= 11 is 0. The number of anilines is 1. The van der Waals surface area contributed by atoms with E-state index < -0.39 is 0 Å². The molecule has 17 heavy (non-hydrogen) atoms. The van der Waals surface area contributed by atoms with E-state index in [0.29, 0.717) is 18.4 Å². The van der Waals surface area contributed by atoms with Crippen molar-refractivity contribution in [3.05, 3.63) is 6.33 Å². The molecule has 1 heterocycles. The van der Waals surface area contributed by atoms with Gasteiger partial charge in [0.2, 0.25) is 11.9 Å². The molecule has 1 amide bonds. The highest BCUT2D eigenvalue weighted by Crippen LogP contribution is 2.30. The Kier molecular flexibility index (Phi) is 3.73. The summed E-state index contributed by atoms with van der Waals surface area (Å²) in [6, 6.07) is 0. The second-order valence-corrected chi connectivity index (χ2v) is 4.58. The van der Waals surface area contributed by atoms with Crippen molar-refractivity contribution in [2.24, 2.45) is 24.6 Å². The highest BCUT2D eigenvalue weighted by atomic mass is 16.2. The molecule has 3 N–H and O–H groups in total. The third-order valence-electron chi connectivity index (χ3n) is 3.49. The zero-order valence-electron chi connectivity index (χ0n) is 10.1. The third-order valence-corrected chi connectivity index (χ3v) is 3.49. The molecule has 94 valence electrons. The van der Waals surface area contributed by atoms with Gasteiger partial charge >= 0.3 is 0 Å². The van der Waals surface area contributed by atoms with E-state index in [1.54, 1.807) is 11.7 Å². The second kappa shape index (κ2) is 5.27. The Morgan fingerprint density at radius 2 is 2.35 bits per heavy atom. The molecule has 1 aliphatic rings. The predicted molar refractivity (Wildman–Crippen MR) is 64.1 cm³/mol. The van der Waals surface area contributed by atoms with Gasteiger partial charge in [0, 0.05) is 13.0 Å². The number of aryl methyl sites for hydroxylation is 1. The number of aromatic nitrogens is 3. The van der Waals surface area contributed by atoms with Crippen LogP contribution in [0.4, 0.5) is 5.95 Å². The molecule has 0 radical (unpaired) electrons. The number of nitrogens with zero attached hydrogens (tertiary/aromatic N) is 3. The Bertz CT molecular complexity index is 389. The Labute approximate surface area is 101 Å². The molecular formula is C11H19N5O. The van der Waals surface area contributed by atoms with E-state index in [1.807, 2.05) is 0 Å². The number of hydrogen-bond acceptors (Lipinski definition) is 4. The Balaban J connectivity index is 2.01. The quantitative estimate of drug-likeness (QED) is 0.802. The van der Waals surface area contributed by atoms with Crippen LogP contribution in [-0.4, -0.2) is 27.2 Å². The van der Waals surface area contributed by atoms with E-state index in [2.05, 4.69) is 15.4 Å². The summed E-state index contributed by atoms with van der Waals surface area (Å²) in [6.45, 7) is 0.580. The Morgan fingerprint density at radius 3 is 3.00 bits per heavy atom. The molecule has 1 fully saturated rings. The third kappa shape index (κ3) is 2.63. The van der Waals surface area contributed by atoms with Crippen molar-refractivity contribution in [1.82, 2.24) is 14.8 Å². The highest BCUT2D eigenvalue weighted by Gasteiger charge is 2.30. The van der Waals surface area contributed by atoms with Gasteiger partial charge in [-0.1, -0.05) is 12.8 Å². The molecule has 0 aromatic carbocycles. The van der Waals surface area contributed by atoms with E-state index in [9.17, 15) is 4.79 Å². The number of carbonyl (C=O) groups excluding carboxylic acids is 1. The minimum absolute atomic E-state index is 0.0189. The van der Waals surface area contributed by atoms with E-state index in [1.165, 1.54) is 12.7 Å². The molecule has 0 spiro atoms. The van der Waals surface area contributed by atoms with Crippen LogP contribution >= 0.6 is 0 Å². The maximum absolute atomic E-state index is 12.1. The molecule has 1 aromatic rings. The van der Waals surface area contributed by atoms with Crippen LogP contribution in [0.1, 0.15) is 25.7 Å². The van der Waals surface area contributed by atoms with Gasteiger partial charge in [-0.3, -0.25) is 10.1 Å². The van der Waals surface area contributed by atoms with Crippen LogP contribution in [0.3, 0.4) is 0 Å². The molecule has 0 aliphatic heterocycles. The summed E-state index contributed by atoms with van der Waals surface area (Å²) < 4.78 is 1.55. The summed E-state index contributed by atoms with van der Waals surface area (Å²) in [5.74, 6) is 0.843. The largest absolute Gasteiger partial charge is 0.330 e. The van der Waals surface area contributed by atoms with Gasteiger partial charge in [0.1, 0.15) is 6.33 Å². The fraction of sp³-hybridized carbons (Fsp3) is 0.727. The summed E-state index contributed by atoms with van der Waals surface area (Å²) in [7, 11) is 1.75. The minimum Gasteiger partial charge on any atom is -0.330 e. The number of nitrogens with one attached hydrogen (secondary N) is 1. The number of amides is 1. The smallest absolute Gasteiger partial charge is 0.230 e. The molecule has 6 nitrogen and oxygen atoms in total.